The van der Waals surface area contributed by atoms with Gasteiger partial charge in [0.1, 0.15) is 0 Å². The van der Waals surface area contributed by atoms with Crippen LogP contribution in [0.2, 0.25) is 0 Å². The molecule has 2 heterocycles. The number of carbonyl (C=O) groups excluding carboxylic acids is 1. The van der Waals surface area contributed by atoms with Crippen molar-refractivity contribution < 1.29 is 4.79 Å². The fraction of sp³-hybridized carbons (Fsp3) is 0.333. The van der Waals surface area contributed by atoms with E-state index in [1.807, 2.05) is 36.5 Å². The summed E-state index contributed by atoms with van der Waals surface area (Å²) in [5, 5.41) is 10.6. The molecule has 2 N–H and O–H groups in total. The van der Waals surface area contributed by atoms with E-state index in [4.69, 9.17) is 0 Å². The van der Waals surface area contributed by atoms with E-state index in [9.17, 15) is 4.79 Å². The third-order valence-electron chi connectivity index (χ3n) is 3.53. The maximum Gasteiger partial charge on any atom is 0.253 e. The van der Waals surface area contributed by atoms with Gasteiger partial charge in [-0.05, 0) is 37.6 Å². The number of nitrogens with one attached hydrogen (secondary N) is 2. The lowest BCUT2D eigenvalue weighted by atomic mass is 10.1. The second kappa shape index (κ2) is 5.88. The summed E-state index contributed by atoms with van der Waals surface area (Å²) in [6.45, 7) is 1.88. The minimum absolute atomic E-state index is 0.0372. The Bertz CT molecular complexity index is 573. The first kappa shape index (κ1) is 12.9. The SMILES string of the molecule is O=C(N[C@H]1CCCNC1)c1ccccc1-n1cccn1. The van der Waals surface area contributed by atoms with Gasteiger partial charge in [-0.3, -0.25) is 4.79 Å². The minimum Gasteiger partial charge on any atom is -0.348 e. The Balaban J connectivity index is 1.81. The molecule has 1 fully saturated rings. The van der Waals surface area contributed by atoms with Crippen LogP contribution >= 0.6 is 0 Å². The first-order valence-electron chi connectivity index (χ1n) is 6.95. The maximum atomic E-state index is 12.4. The number of amides is 1. The van der Waals surface area contributed by atoms with Crippen molar-refractivity contribution in [3.63, 3.8) is 0 Å². The predicted octanol–water partition coefficient (Wildman–Crippen LogP) is 1.35. The second-order valence-corrected chi connectivity index (χ2v) is 4.98. The third-order valence-corrected chi connectivity index (χ3v) is 3.53. The Morgan fingerprint density at radius 1 is 1.35 bits per heavy atom. The van der Waals surface area contributed by atoms with E-state index in [0.717, 1.165) is 31.6 Å². The predicted molar refractivity (Wildman–Crippen MR) is 76.9 cm³/mol. The average molecular weight is 270 g/mol. The smallest absolute Gasteiger partial charge is 0.253 e. The van der Waals surface area contributed by atoms with Crippen LogP contribution in [0.3, 0.4) is 0 Å². The van der Waals surface area contributed by atoms with Gasteiger partial charge < -0.3 is 10.6 Å². The highest BCUT2D eigenvalue weighted by molar-refractivity contribution is 5.97. The number of carbonyl (C=O) groups is 1. The van der Waals surface area contributed by atoms with Crippen molar-refractivity contribution in [3.8, 4) is 5.69 Å². The Morgan fingerprint density at radius 2 is 2.25 bits per heavy atom. The summed E-state index contributed by atoms with van der Waals surface area (Å²) in [5.41, 5.74) is 1.46. The van der Waals surface area contributed by atoms with E-state index in [0.29, 0.717) is 5.56 Å². The number of benzene rings is 1. The molecule has 5 heteroatoms. The summed E-state index contributed by atoms with van der Waals surface area (Å²) in [7, 11) is 0. The lowest BCUT2D eigenvalue weighted by molar-refractivity contribution is 0.0930. The van der Waals surface area contributed by atoms with Crippen LogP contribution in [0.1, 0.15) is 23.2 Å². The number of hydrogen-bond donors (Lipinski definition) is 2. The van der Waals surface area contributed by atoms with E-state index in [1.54, 1.807) is 10.9 Å². The van der Waals surface area contributed by atoms with Crippen molar-refractivity contribution in [2.24, 2.45) is 0 Å². The average Bonchev–Trinajstić information content (AvgIpc) is 3.02. The number of para-hydroxylation sites is 1. The molecular weight excluding hydrogens is 252 g/mol. The summed E-state index contributed by atoms with van der Waals surface area (Å²) in [5.74, 6) is -0.0372. The summed E-state index contributed by atoms with van der Waals surface area (Å²) in [6.07, 6.45) is 5.68. The molecule has 3 rings (SSSR count). The fourth-order valence-electron chi connectivity index (χ4n) is 2.51. The van der Waals surface area contributed by atoms with E-state index in [1.165, 1.54) is 0 Å². The van der Waals surface area contributed by atoms with Crippen molar-refractivity contribution in [1.82, 2.24) is 20.4 Å². The van der Waals surface area contributed by atoms with Gasteiger partial charge in [0, 0.05) is 25.0 Å². The van der Waals surface area contributed by atoms with Crippen molar-refractivity contribution in [1.29, 1.82) is 0 Å². The summed E-state index contributed by atoms with van der Waals surface area (Å²) >= 11 is 0. The lowest BCUT2D eigenvalue weighted by Gasteiger charge is -2.24. The zero-order valence-corrected chi connectivity index (χ0v) is 11.2. The minimum atomic E-state index is -0.0372. The highest BCUT2D eigenvalue weighted by Crippen LogP contribution is 2.14. The van der Waals surface area contributed by atoms with Gasteiger partial charge in [-0.25, -0.2) is 4.68 Å². The van der Waals surface area contributed by atoms with Crippen LogP contribution in [0.15, 0.2) is 42.7 Å². The van der Waals surface area contributed by atoms with Crippen LogP contribution in [0.4, 0.5) is 0 Å². The molecule has 0 spiro atoms. The van der Waals surface area contributed by atoms with Crippen LogP contribution in [-0.2, 0) is 0 Å². The molecule has 0 radical (unpaired) electrons. The van der Waals surface area contributed by atoms with Crippen molar-refractivity contribution in [2.45, 2.75) is 18.9 Å². The second-order valence-electron chi connectivity index (χ2n) is 4.98. The molecule has 0 bridgehead atoms. The number of hydrogen-bond acceptors (Lipinski definition) is 3. The lowest BCUT2D eigenvalue weighted by Crippen LogP contribution is -2.45. The molecular formula is C15H18N4O. The monoisotopic (exact) mass is 270 g/mol. The molecule has 1 saturated heterocycles. The molecule has 1 atom stereocenters. The number of rotatable bonds is 3. The highest BCUT2D eigenvalue weighted by atomic mass is 16.1. The Labute approximate surface area is 118 Å². The summed E-state index contributed by atoms with van der Waals surface area (Å²) < 4.78 is 1.72. The summed E-state index contributed by atoms with van der Waals surface area (Å²) in [4.78, 5) is 12.4. The summed E-state index contributed by atoms with van der Waals surface area (Å²) in [6, 6.07) is 9.59. The van der Waals surface area contributed by atoms with Gasteiger partial charge in [-0.15, -0.1) is 0 Å². The van der Waals surface area contributed by atoms with Crippen molar-refractivity contribution in [2.75, 3.05) is 13.1 Å². The largest absolute Gasteiger partial charge is 0.348 e. The van der Waals surface area contributed by atoms with Crippen LogP contribution in [0.5, 0.6) is 0 Å². The molecule has 2 aromatic rings. The first-order chi connectivity index (χ1) is 9.84. The number of aromatic nitrogens is 2. The van der Waals surface area contributed by atoms with Gasteiger partial charge in [0.15, 0.2) is 0 Å². The molecule has 0 unspecified atom stereocenters. The standard InChI is InChI=1S/C15H18N4O/c20-15(18-12-5-3-8-16-11-12)13-6-1-2-7-14(13)19-10-4-9-17-19/h1-2,4,6-7,9-10,12,16H,3,5,8,11H2,(H,18,20)/t12-/m0/s1. The van der Waals surface area contributed by atoms with Gasteiger partial charge in [0.2, 0.25) is 0 Å². The molecule has 0 aliphatic carbocycles. The van der Waals surface area contributed by atoms with Gasteiger partial charge in [-0.1, -0.05) is 12.1 Å². The zero-order chi connectivity index (χ0) is 13.8. The van der Waals surface area contributed by atoms with E-state index in [2.05, 4.69) is 15.7 Å². The van der Waals surface area contributed by atoms with Crippen LogP contribution in [-0.4, -0.2) is 34.8 Å². The zero-order valence-electron chi connectivity index (χ0n) is 11.2. The molecule has 0 saturated carbocycles. The molecule has 104 valence electrons. The Morgan fingerprint density at radius 3 is 3.00 bits per heavy atom. The van der Waals surface area contributed by atoms with Crippen molar-refractivity contribution in [3.05, 3.63) is 48.3 Å². The normalized spacial score (nSPS) is 18.7. The molecule has 1 aromatic heterocycles. The van der Waals surface area contributed by atoms with Crippen LogP contribution in [0.25, 0.3) is 5.69 Å². The topological polar surface area (TPSA) is 59.0 Å². The van der Waals surface area contributed by atoms with E-state index in [-0.39, 0.29) is 11.9 Å². The van der Waals surface area contributed by atoms with Gasteiger partial charge in [-0.2, -0.15) is 5.10 Å². The third kappa shape index (κ3) is 2.72. The van der Waals surface area contributed by atoms with E-state index >= 15 is 0 Å². The fourth-order valence-corrected chi connectivity index (χ4v) is 2.51. The number of nitrogens with zero attached hydrogens (tertiary/aromatic N) is 2. The van der Waals surface area contributed by atoms with Gasteiger partial charge in [0.25, 0.3) is 5.91 Å². The molecule has 1 amide bonds. The maximum absolute atomic E-state index is 12.4. The van der Waals surface area contributed by atoms with E-state index < -0.39 is 0 Å². The van der Waals surface area contributed by atoms with Crippen LogP contribution < -0.4 is 10.6 Å². The Kier molecular flexibility index (Phi) is 3.78. The molecule has 1 aromatic carbocycles. The first-order valence-corrected chi connectivity index (χ1v) is 6.95. The molecule has 1 aliphatic rings. The van der Waals surface area contributed by atoms with Crippen LogP contribution in [0, 0.1) is 0 Å². The Hall–Kier alpha value is -2.14. The van der Waals surface area contributed by atoms with Crippen molar-refractivity contribution >= 4 is 5.91 Å². The quantitative estimate of drug-likeness (QED) is 0.885. The van der Waals surface area contributed by atoms with Gasteiger partial charge in [0.05, 0.1) is 11.3 Å². The number of piperidine rings is 1. The highest BCUT2D eigenvalue weighted by Gasteiger charge is 2.18. The van der Waals surface area contributed by atoms with Gasteiger partial charge >= 0.3 is 0 Å². The molecule has 5 nitrogen and oxygen atoms in total. The molecule has 20 heavy (non-hydrogen) atoms. The molecule has 1 aliphatic heterocycles.